The second-order valence-electron chi connectivity index (χ2n) is 9.32. The summed E-state index contributed by atoms with van der Waals surface area (Å²) in [6.45, 7) is -1.12. The van der Waals surface area contributed by atoms with E-state index in [0.717, 1.165) is 19.3 Å². The molecule has 2 aliphatic rings. The third-order valence-electron chi connectivity index (χ3n) is 6.35. The number of fused-ring (bicyclic) bond motifs is 1. The Kier molecular flexibility index (Phi) is 5.23. The minimum atomic E-state index is -3.04. The van der Waals surface area contributed by atoms with Gasteiger partial charge in [-0.05, 0) is 37.5 Å². The highest BCUT2D eigenvalue weighted by atomic mass is 32.2. The molecule has 2 aromatic heterocycles. The van der Waals surface area contributed by atoms with Gasteiger partial charge >= 0.3 is 6.61 Å². The third-order valence-corrected chi connectivity index (χ3v) is 8.62. The number of ether oxygens (including phenoxy) is 1. The molecule has 3 aromatic rings. The number of carbonyl (C=O) groups is 1. The first-order chi connectivity index (χ1) is 15.6. The lowest BCUT2D eigenvalue weighted by molar-refractivity contribution is -0.0498. The molecule has 0 unspecified atom stereocenters. The first kappa shape index (κ1) is 21.9. The quantitative estimate of drug-likeness (QED) is 0.470. The first-order valence-corrected chi connectivity index (χ1v) is 12.6. The Bertz CT molecular complexity index is 1340. The standard InChI is InChI=1S/C23H23F2N3O4S/c1-23(12-33(30,31)13-23)10-19(29)15-9-18-21(26-11-15)20(27-28(18)16-5-3-6-16)14-4-2-7-17(8-14)32-22(24)25/h2,4,7-9,11,16,22H,3,5-6,10,12-13H2,1H3. The first-order valence-electron chi connectivity index (χ1n) is 10.8. The zero-order valence-corrected chi connectivity index (χ0v) is 18.8. The predicted molar refractivity (Wildman–Crippen MR) is 118 cm³/mol. The predicted octanol–water partition coefficient (Wildman–Crippen LogP) is 4.43. The molecule has 0 spiro atoms. The Morgan fingerprint density at radius 1 is 1.27 bits per heavy atom. The van der Waals surface area contributed by atoms with E-state index in [0.29, 0.717) is 27.9 Å². The maximum Gasteiger partial charge on any atom is 0.387 e. The zero-order chi connectivity index (χ0) is 23.4. The fraction of sp³-hybridized carbons (Fsp3) is 0.435. The molecule has 1 saturated carbocycles. The lowest BCUT2D eigenvalue weighted by Gasteiger charge is -2.37. The highest BCUT2D eigenvalue weighted by Crippen LogP contribution is 2.39. The highest BCUT2D eigenvalue weighted by molar-refractivity contribution is 7.92. The van der Waals surface area contributed by atoms with E-state index in [2.05, 4.69) is 9.72 Å². The Morgan fingerprint density at radius 3 is 2.67 bits per heavy atom. The summed E-state index contributed by atoms with van der Waals surface area (Å²) in [7, 11) is -3.04. The van der Waals surface area contributed by atoms with E-state index < -0.39 is 21.9 Å². The van der Waals surface area contributed by atoms with Crippen LogP contribution in [-0.2, 0) is 9.84 Å². The SMILES string of the molecule is CC1(CC(=O)c2cnc3c(-c4cccc(OC(F)F)c4)nn(C4CCC4)c3c2)CS(=O)(=O)C1. The van der Waals surface area contributed by atoms with Crippen LogP contribution in [0.4, 0.5) is 8.78 Å². The van der Waals surface area contributed by atoms with Crippen molar-refractivity contribution in [3.63, 3.8) is 0 Å². The van der Waals surface area contributed by atoms with Crippen molar-refractivity contribution in [2.45, 2.75) is 45.3 Å². The van der Waals surface area contributed by atoms with Gasteiger partial charge in [0.1, 0.15) is 17.0 Å². The van der Waals surface area contributed by atoms with E-state index in [1.165, 1.54) is 18.3 Å². The molecule has 1 aromatic carbocycles. The van der Waals surface area contributed by atoms with Crippen LogP contribution in [0.5, 0.6) is 5.75 Å². The van der Waals surface area contributed by atoms with Crippen LogP contribution in [0.2, 0.25) is 0 Å². The van der Waals surface area contributed by atoms with Gasteiger partial charge in [0.25, 0.3) is 0 Å². The van der Waals surface area contributed by atoms with E-state index in [1.807, 2.05) is 11.6 Å². The number of benzene rings is 1. The van der Waals surface area contributed by atoms with E-state index >= 15 is 0 Å². The smallest absolute Gasteiger partial charge is 0.387 e. The second-order valence-corrected chi connectivity index (χ2v) is 11.4. The number of rotatable bonds is 7. The van der Waals surface area contributed by atoms with Crippen LogP contribution in [0, 0.1) is 5.41 Å². The molecule has 1 aliphatic carbocycles. The molecule has 5 rings (SSSR count). The average Bonchev–Trinajstić information content (AvgIpc) is 3.03. The lowest BCUT2D eigenvalue weighted by Crippen LogP contribution is -2.47. The number of pyridine rings is 1. The Labute approximate surface area is 189 Å². The van der Waals surface area contributed by atoms with E-state index in [1.54, 1.807) is 18.2 Å². The summed E-state index contributed by atoms with van der Waals surface area (Å²) in [5, 5.41) is 4.74. The fourth-order valence-electron chi connectivity index (χ4n) is 4.71. The number of Topliss-reactive ketones (excluding diaryl/α,β-unsaturated/α-hetero) is 1. The summed E-state index contributed by atoms with van der Waals surface area (Å²) in [5.74, 6) is -0.0908. The van der Waals surface area contributed by atoms with Gasteiger partial charge in [0.2, 0.25) is 0 Å². The highest BCUT2D eigenvalue weighted by Gasteiger charge is 2.45. The second kappa shape index (κ2) is 7.86. The Hall–Kier alpha value is -2.88. The number of carbonyl (C=O) groups excluding carboxylic acids is 1. The minimum Gasteiger partial charge on any atom is -0.435 e. The summed E-state index contributed by atoms with van der Waals surface area (Å²) in [6, 6.07) is 8.26. The van der Waals surface area contributed by atoms with Gasteiger partial charge in [0.05, 0.1) is 23.1 Å². The molecule has 3 heterocycles. The number of sulfone groups is 1. The van der Waals surface area contributed by atoms with Gasteiger partial charge in [-0.2, -0.15) is 13.9 Å². The minimum absolute atomic E-state index is 0.0165. The summed E-state index contributed by atoms with van der Waals surface area (Å²) in [6.07, 6.45) is 4.61. The average molecular weight is 476 g/mol. The van der Waals surface area contributed by atoms with E-state index in [-0.39, 0.29) is 35.5 Å². The fourth-order valence-corrected chi connectivity index (χ4v) is 6.95. The van der Waals surface area contributed by atoms with Gasteiger partial charge in [-0.1, -0.05) is 19.1 Å². The normalized spacial score (nSPS) is 19.3. The molecular weight excluding hydrogens is 452 g/mol. The Balaban J connectivity index is 1.52. The molecule has 0 amide bonds. The van der Waals surface area contributed by atoms with Crippen molar-refractivity contribution in [1.29, 1.82) is 0 Å². The topological polar surface area (TPSA) is 91.2 Å². The number of aromatic nitrogens is 3. The monoisotopic (exact) mass is 475 g/mol. The van der Waals surface area contributed by atoms with Gasteiger partial charge in [-0.15, -0.1) is 0 Å². The van der Waals surface area contributed by atoms with Gasteiger partial charge in [-0.25, -0.2) is 8.42 Å². The van der Waals surface area contributed by atoms with Crippen molar-refractivity contribution in [2.24, 2.45) is 5.41 Å². The molecule has 10 heteroatoms. The van der Waals surface area contributed by atoms with Crippen LogP contribution in [-0.4, -0.2) is 47.1 Å². The van der Waals surface area contributed by atoms with Crippen LogP contribution in [0.3, 0.4) is 0 Å². The van der Waals surface area contributed by atoms with Crippen molar-refractivity contribution < 1.29 is 26.7 Å². The van der Waals surface area contributed by atoms with E-state index in [4.69, 9.17) is 5.10 Å². The van der Waals surface area contributed by atoms with Crippen LogP contribution in [0.1, 0.15) is 49.0 Å². The molecule has 1 saturated heterocycles. The van der Waals surface area contributed by atoms with Gasteiger partial charge < -0.3 is 4.74 Å². The van der Waals surface area contributed by atoms with Crippen LogP contribution in [0.25, 0.3) is 22.3 Å². The number of hydrogen-bond donors (Lipinski definition) is 0. The maximum atomic E-state index is 12.9. The number of halogens is 2. The summed E-state index contributed by atoms with van der Waals surface area (Å²) in [4.78, 5) is 17.5. The largest absolute Gasteiger partial charge is 0.435 e. The summed E-state index contributed by atoms with van der Waals surface area (Å²) >= 11 is 0. The number of hydrogen-bond acceptors (Lipinski definition) is 6. The van der Waals surface area contributed by atoms with Gasteiger partial charge in [0, 0.05) is 29.2 Å². The molecule has 174 valence electrons. The molecule has 0 radical (unpaired) electrons. The van der Waals surface area contributed by atoms with Crippen molar-refractivity contribution in [3.05, 3.63) is 42.1 Å². The third kappa shape index (κ3) is 4.23. The summed E-state index contributed by atoms with van der Waals surface area (Å²) < 4.78 is 54.9. The number of alkyl halides is 2. The number of ketones is 1. The van der Waals surface area contributed by atoms with Crippen molar-refractivity contribution in [3.8, 4) is 17.0 Å². The molecular formula is C23H23F2N3O4S. The molecule has 2 fully saturated rings. The molecule has 0 N–H and O–H groups in total. The maximum absolute atomic E-state index is 12.9. The van der Waals surface area contributed by atoms with E-state index in [9.17, 15) is 22.0 Å². The molecule has 33 heavy (non-hydrogen) atoms. The summed E-state index contributed by atoms with van der Waals surface area (Å²) in [5.41, 5.74) is 2.27. The van der Waals surface area contributed by atoms with Gasteiger partial charge in [-0.3, -0.25) is 14.5 Å². The molecule has 0 atom stereocenters. The van der Waals surface area contributed by atoms with Crippen LogP contribution < -0.4 is 4.74 Å². The van der Waals surface area contributed by atoms with Crippen LogP contribution in [0.15, 0.2) is 36.5 Å². The van der Waals surface area contributed by atoms with Gasteiger partial charge in [0.15, 0.2) is 15.6 Å². The number of nitrogens with zero attached hydrogens (tertiary/aromatic N) is 3. The Morgan fingerprint density at radius 2 is 2.03 bits per heavy atom. The lowest BCUT2D eigenvalue weighted by atomic mass is 9.86. The van der Waals surface area contributed by atoms with Crippen molar-refractivity contribution in [2.75, 3.05) is 11.5 Å². The van der Waals surface area contributed by atoms with Crippen LogP contribution >= 0.6 is 0 Å². The molecule has 1 aliphatic heterocycles. The zero-order valence-electron chi connectivity index (χ0n) is 18.0. The molecule has 0 bridgehead atoms. The van der Waals surface area contributed by atoms with Crippen molar-refractivity contribution >= 4 is 26.7 Å². The molecule has 7 nitrogen and oxygen atoms in total. The van der Waals surface area contributed by atoms with Crippen molar-refractivity contribution in [1.82, 2.24) is 14.8 Å².